The number of halogens is 1. The van der Waals surface area contributed by atoms with E-state index in [1.54, 1.807) is 23.2 Å². The van der Waals surface area contributed by atoms with E-state index in [0.29, 0.717) is 24.5 Å². The first-order valence-electron chi connectivity index (χ1n) is 6.71. The summed E-state index contributed by atoms with van der Waals surface area (Å²) in [5, 5.41) is 3.17. The van der Waals surface area contributed by atoms with Crippen LogP contribution in [0.15, 0.2) is 36.7 Å². The first-order chi connectivity index (χ1) is 10.2. The molecule has 3 rings (SSSR count). The maximum atomic E-state index is 13.0. The summed E-state index contributed by atoms with van der Waals surface area (Å²) in [6, 6.07) is 5.86. The molecule has 110 valence electrons. The van der Waals surface area contributed by atoms with Gasteiger partial charge >= 0.3 is 6.09 Å². The highest BCUT2D eigenvalue weighted by molar-refractivity contribution is 5.68. The van der Waals surface area contributed by atoms with Crippen molar-refractivity contribution < 1.29 is 14.0 Å². The van der Waals surface area contributed by atoms with Gasteiger partial charge in [0.05, 0.1) is 6.20 Å². The molecular formula is C14H15FN4O2. The number of carbonyl (C=O) groups is 1. The fraction of sp³-hybridized carbons (Fsp3) is 0.286. The van der Waals surface area contributed by atoms with Crippen LogP contribution in [0.5, 0.6) is 0 Å². The van der Waals surface area contributed by atoms with Crippen LogP contribution in [0, 0.1) is 5.82 Å². The molecule has 2 aromatic rings. The number of hydrogen-bond acceptors (Lipinski definition) is 4. The van der Waals surface area contributed by atoms with Crippen LogP contribution >= 0.6 is 0 Å². The second-order valence-corrected chi connectivity index (χ2v) is 4.68. The molecule has 1 aliphatic rings. The summed E-state index contributed by atoms with van der Waals surface area (Å²) >= 11 is 0. The maximum Gasteiger partial charge on any atom is 0.434 e. The maximum absolute atomic E-state index is 13.0. The topological polar surface area (TPSA) is 59.4 Å². The monoisotopic (exact) mass is 290 g/mol. The van der Waals surface area contributed by atoms with E-state index in [1.165, 1.54) is 23.1 Å². The summed E-state index contributed by atoms with van der Waals surface area (Å²) in [7, 11) is 0. The van der Waals surface area contributed by atoms with Crippen molar-refractivity contribution in [2.24, 2.45) is 0 Å². The molecule has 1 N–H and O–H groups in total. The van der Waals surface area contributed by atoms with Gasteiger partial charge in [0.1, 0.15) is 5.82 Å². The molecule has 0 radical (unpaired) electrons. The molecule has 1 aromatic heterocycles. The number of rotatable bonds is 2. The summed E-state index contributed by atoms with van der Waals surface area (Å²) in [6.45, 7) is 2.73. The zero-order chi connectivity index (χ0) is 14.7. The van der Waals surface area contributed by atoms with E-state index in [2.05, 4.69) is 10.3 Å². The van der Waals surface area contributed by atoms with Crippen LogP contribution in [0.25, 0.3) is 11.4 Å². The number of nitrogens with zero attached hydrogens (tertiary/aromatic N) is 3. The lowest BCUT2D eigenvalue weighted by Gasteiger charge is -2.26. The Morgan fingerprint density at radius 1 is 1.24 bits per heavy atom. The predicted molar refractivity (Wildman–Crippen MR) is 74.0 cm³/mol. The van der Waals surface area contributed by atoms with E-state index in [-0.39, 0.29) is 5.82 Å². The molecule has 21 heavy (non-hydrogen) atoms. The molecule has 0 saturated carbocycles. The number of aromatic nitrogens is 2. The molecule has 0 spiro atoms. The molecule has 1 aromatic carbocycles. The molecule has 1 aliphatic heterocycles. The molecule has 1 saturated heterocycles. The summed E-state index contributed by atoms with van der Waals surface area (Å²) < 4.78 is 14.3. The minimum Gasteiger partial charge on any atom is -0.315 e. The van der Waals surface area contributed by atoms with Crippen molar-refractivity contribution in [2.45, 2.75) is 0 Å². The fourth-order valence-corrected chi connectivity index (χ4v) is 2.16. The van der Waals surface area contributed by atoms with Crippen LogP contribution in [-0.2, 0) is 0 Å². The summed E-state index contributed by atoms with van der Waals surface area (Å²) in [4.78, 5) is 23.2. The molecular weight excluding hydrogens is 275 g/mol. The third-order valence-electron chi connectivity index (χ3n) is 3.26. The predicted octanol–water partition coefficient (Wildman–Crippen LogP) is 1.14. The van der Waals surface area contributed by atoms with Crippen molar-refractivity contribution in [3.8, 4) is 11.4 Å². The summed E-state index contributed by atoms with van der Waals surface area (Å²) in [6.07, 6.45) is 2.67. The Bertz CT molecular complexity index is 620. The normalized spacial score (nSPS) is 15.0. The Hall–Kier alpha value is -2.41. The van der Waals surface area contributed by atoms with Gasteiger partial charge in [-0.1, -0.05) is 0 Å². The number of piperazine rings is 1. The Labute approximate surface area is 121 Å². The van der Waals surface area contributed by atoms with Crippen LogP contribution < -0.4 is 10.2 Å². The van der Waals surface area contributed by atoms with Crippen LogP contribution in [0.3, 0.4) is 0 Å². The van der Waals surface area contributed by atoms with E-state index in [9.17, 15) is 9.18 Å². The van der Waals surface area contributed by atoms with Gasteiger partial charge in [-0.05, 0) is 24.3 Å². The lowest BCUT2D eigenvalue weighted by atomic mass is 10.2. The van der Waals surface area contributed by atoms with Gasteiger partial charge in [-0.15, -0.1) is 0 Å². The molecule has 0 aliphatic carbocycles. The number of carbonyl (C=O) groups excluding carboxylic acids is 1. The minimum atomic E-state index is -0.419. The smallest absolute Gasteiger partial charge is 0.315 e. The minimum absolute atomic E-state index is 0.324. The summed E-state index contributed by atoms with van der Waals surface area (Å²) in [5.74, 6) is 0.133. The van der Waals surface area contributed by atoms with Gasteiger partial charge < -0.3 is 15.1 Å². The molecule has 6 nitrogen and oxygen atoms in total. The van der Waals surface area contributed by atoms with Gasteiger partial charge in [0.15, 0.2) is 5.82 Å². The van der Waals surface area contributed by atoms with Crippen molar-refractivity contribution in [1.29, 1.82) is 0 Å². The third-order valence-corrected chi connectivity index (χ3v) is 3.26. The van der Waals surface area contributed by atoms with Gasteiger partial charge in [0, 0.05) is 37.9 Å². The number of nitrogens with one attached hydrogen (secondary N) is 1. The number of imidazole rings is 1. The molecule has 0 bridgehead atoms. The highest BCUT2D eigenvalue weighted by Crippen LogP contribution is 2.17. The van der Waals surface area contributed by atoms with E-state index >= 15 is 0 Å². The Kier molecular flexibility index (Phi) is 3.83. The fourth-order valence-electron chi connectivity index (χ4n) is 2.16. The van der Waals surface area contributed by atoms with Crippen molar-refractivity contribution in [3.63, 3.8) is 0 Å². The van der Waals surface area contributed by atoms with Gasteiger partial charge in [-0.2, -0.15) is 4.73 Å². The SMILES string of the molecule is O=C(On1ccnc1-c1ccc(F)cc1)N1CCNCC1. The number of benzene rings is 1. The lowest BCUT2D eigenvalue weighted by molar-refractivity contribution is 0.0896. The second kappa shape index (κ2) is 5.92. The van der Waals surface area contributed by atoms with Gasteiger partial charge in [0.2, 0.25) is 0 Å². The number of hydrogen-bond donors (Lipinski definition) is 1. The van der Waals surface area contributed by atoms with Crippen molar-refractivity contribution in [2.75, 3.05) is 26.2 Å². The van der Waals surface area contributed by atoms with E-state index in [0.717, 1.165) is 13.1 Å². The van der Waals surface area contributed by atoms with Gasteiger partial charge in [-0.3, -0.25) is 0 Å². The third kappa shape index (κ3) is 3.03. The molecule has 0 unspecified atom stereocenters. The molecule has 0 atom stereocenters. The second-order valence-electron chi connectivity index (χ2n) is 4.68. The van der Waals surface area contributed by atoms with Gasteiger partial charge in [-0.25, -0.2) is 14.2 Å². The standard InChI is InChI=1S/C14H15FN4O2/c15-12-3-1-11(2-4-12)13-17-7-10-19(13)21-14(20)18-8-5-16-6-9-18/h1-4,7,10,16H,5-6,8-9H2. The zero-order valence-electron chi connectivity index (χ0n) is 11.3. The average Bonchev–Trinajstić information content (AvgIpc) is 2.97. The molecule has 1 fully saturated rings. The van der Waals surface area contributed by atoms with E-state index < -0.39 is 6.09 Å². The Morgan fingerprint density at radius 3 is 2.67 bits per heavy atom. The molecule has 7 heteroatoms. The lowest BCUT2D eigenvalue weighted by Crippen LogP contribution is -2.48. The largest absolute Gasteiger partial charge is 0.434 e. The summed E-state index contributed by atoms with van der Waals surface area (Å²) in [5.41, 5.74) is 0.675. The Balaban J connectivity index is 1.76. The Morgan fingerprint density at radius 2 is 1.95 bits per heavy atom. The van der Waals surface area contributed by atoms with Gasteiger partial charge in [0.25, 0.3) is 0 Å². The van der Waals surface area contributed by atoms with Crippen molar-refractivity contribution in [3.05, 3.63) is 42.5 Å². The van der Waals surface area contributed by atoms with E-state index in [1.807, 2.05) is 0 Å². The molecule has 1 amide bonds. The van der Waals surface area contributed by atoms with E-state index in [4.69, 9.17) is 4.84 Å². The average molecular weight is 290 g/mol. The van der Waals surface area contributed by atoms with Crippen LogP contribution in [0.4, 0.5) is 9.18 Å². The van der Waals surface area contributed by atoms with Crippen LogP contribution in [0.1, 0.15) is 0 Å². The quantitative estimate of drug-likeness (QED) is 0.901. The van der Waals surface area contributed by atoms with Crippen LogP contribution in [-0.4, -0.2) is 46.9 Å². The molecule has 2 heterocycles. The van der Waals surface area contributed by atoms with Crippen molar-refractivity contribution >= 4 is 6.09 Å². The highest BCUT2D eigenvalue weighted by atomic mass is 19.1. The highest BCUT2D eigenvalue weighted by Gasteiger charge is 2.19. The van der Waals surface area contributed by atoms with Crippen LogP contribution in [0.2, 0.25) is 0 Å². The first kappa shape index (κ1) is 13.6. The number of amides is 1. The van der Waals surface area contributed by atoms with Crippen molar-refractivity contribution in [1.82, 2.24) is 19.9 Å². The zero-order valence-corrected chi connectivity index (χ0v) is 11.3. The first-order valence-corrected chi connectivity index (χ1v) is 6.71.